The van der Waals surface area contributed by atoms with Crippen molar-refractivity contribution in [3.8, 4) is 17.6 Å². The molecule has 2 heterocycles. The van der Waals surface area contributed by atoms with Gasteiger partial charge in [0.1, 0.15) is 5.75 Å². The molecule has 0 aliphatic carbocycles. The van der Waals surface area contributed by atoms with Gasteiger partial charge in [-0.2, -0.15) is 5.10 Å². The molecule has 0 saturated carbocycles. The maximum Gasteiger partial charge on any atom is 0.138 e. The van der Waals surface area contributed by atoms with E-state index in [0.717, 1.165) is 17.7 Å². The lowest BCUT2D eigenvalue weighted by Gasteiger charge is -2.06. The first-order valence-electron chi connectivity index (χ1n) is 6.03. The van der Waals surface area contributed by atoms with Crippen molar-refractivity contribution < 1.29 is 4.74 Å². The second kappa shape index (κ2) is 6.57. The number of aryl methyl sites for hydroxylation is 1. The van der Waals surface area contributed by atoms with E-state index in [-0.39, 0.29) is 0 Å². The Hall–Kier alpha value is -2.32. The molecule has 0 radical (unpaired) electrons. The van der Waals surface area contributed by atoms with E-state index in [2.05, 4.69) is 21.9 Å². The number of hydrogen-bond donors (Lipinski definition) is 1. The summed E-state index contributed by atoms with van der Waals surface area (Å²) in [4.78, 5) is 4.08. The number of ether oxygens (including phenoxy) is 1. The van der Waals surface area contributed by atoms with E-state index in [1.165, 1.54) is 0 Å². The Morgan fingerprint density at radius 2 is 2.32 bits per heavy atom. The van der Waals surface area contributed by atoms with Crippen LogP contribution in [0.1, 0.15) is 11.3 Å². The lowest BCUT2D eigenvalue weighted by atomic mass is 10.3. The zero-order valence-electron chi connectivity index (χ0n) is 10.8. The Bertz CT molecular complexity index is 595. The summed E-state index contributed by atoms with van der Waals surface area (Å²) in [7, 11) is 1.92. The van der Waals surface area contributed by atoms with Crippen molar-refractivity contribution in [3.05, 3.63) is 42.0 Å². The third kappa shape index (κ3) is 3.83. The van der Waals surface area contributed by atoms with E-state index in [1.54, 1.807) is 18.6 Å². The molecular weight excluding hydrogens is 240 g/mol. The molecule has 0 bridgehead atoms. The monoisotopic (exact) mass is 256 g/mol. The Balaban J connectivity index is 1.91. The summed E-state index contributed by atoms with van der Waals surface area (Å²) in [5, 5.41) is 4.11. The van der Waals surface area contributed by atoms with Gasteiger partial charge in [-0.25, -0.2) is 0 Å². The van der Waals surface area contributed by atoms with E-state index in [1.807, 2.05) is 23.9 Å². The van der Waals surface area contributed by atoms with Gasteiger partial charge in [-0.05, 0) is 12.1 Å². The molecule has 19 heavy (non-hydrogen) atoms. The van der Waals surface area contributed by atoms with Crippen molar-refractivity contribution in [1.82, 2.24) is 14.8 Å². The van der Waals surface area contributed by atoms with Crippen molar-refractivity contribution >= 4 is 0 Å². The van der Waals surface area contributed by atoms with Gasteiger partial charge in [0.15, 0.2) is 0 Å². The molecule has 0 fully saturated rings. The van der Waals surface area contributed by atoms with Gasteiger partial charge in [-0.1, -0.05) is 11.8 Å². The third-order valence-corrected chi connectivity index (χ3v) is 2.60. The van der Waals surface area contributed by atoms with E-state index < -0.39 is 0 Å². The van der Waals surface area contributed by atoms with Crippen LogP contribution in [0.15, 0.2) is 30.7 Å². The lowest BCUT2D eigenvalue weighted by molar-refractivity contribution is 0.317. The normalized spacial score (nSPS) is 9.79. The van der Waals surface area contributed by atoms with Gasteiger partial charge >= 0.3 is 0 Å². The first kappa shape index (κ1) is 13.1. The molecule has 0 saturated heterocycles. The molecule has 98 valence electrons. The molecular formula is C14H16N4O. The Labute approximate surface area is 112 Å². The van der Waals surface area contributed by atoms with Gasteiger partial charge in [0.25, 0.3) is 0 Å². The van der Waals surface area contributed by atoms with Crippen molar-refractivity contribution in [2.24, 2.45) is 12.8 Å². The van der Waals surface area contributed by atoms with Crippen LogP contribution in [0.3, 0.4) is 0 Å². The molecule has 0 unspecified atom stereocenters. The third-order valence-electron chi connectivity index (χ3n) is 2.60. The number of hydrogen-bond acceptors (Lipinski definition) is 4. The van der Waals surface area contributed by atoms with Gasteiger partial charge in [0, 0.05) is 37.1 Å². The molecule has 2 N–H and O–H groups in total. The molecule has 2 rings (SSSR count). The van der Waals surface area contributed by atoms with Crippen LogP contribution >= 0.6 is 0 Å². The Morgan fingerprint density at radius 3 is 3.05 bits per heavy atom. The zero-order chi connectivity index (χ0) is 13.5. The van der Waals surface area contributed by atoms with Crippen LogP contribution in [0.4, 0.5) is 0 Å². The smallest absolute Gasteiger partial charge is 0.138 e. The minimum atomic E-state index is 0.339. The molecule has 0 amide bonds. The molecule has 5 heteroatoms. The van der Waals surface area contributed by atoms with Crippen molar-refractivity contribution in [2.45, 2.75) is 6.42 Å². The highest BCUT2D eigenvalue weighted by Crippen LogP contribution is 2.11. The van der Waals surface area contributed by atoms with E-state index in [0.29, 0.717) is 18.9 Å². The summed E-state index contributed by atoms with van der Waals surface area (Å²) >= 11 is 0. The standard InChI is InChI=1S/C14H16N4O/c1-18-13(4-7-17-18)5-8-19-14-9-12(3-2-6-15)10-16-11-14/h4,7,9-11H,5-6,8,15H2,1H3. The second-order valence-corrected chi connectivity index (χ2v) is 3.96. The summed E-state index contributed by atoms with van der Waals surface area (Å²) < 4.78 is 7.49. The fourth-order valence-corrected chi connectivity index (χ4v) is 1.64. The topological polar surface area (TPSA) is 66.0 Å². The molecule has 0 spiro atoms. The number of nitrogens with zero attached hydrogens (tertiary/aromatic N) is 3. The predicted octanol–water partition coefficient (Wildman–Crippen LogP) is 0.747. The van der Waals surface area contributed by atoms with Crippen LogP contribution in [0.2, 0.25) is 0 Å². The minimum absolute atomic E-state index is 0.339. The van der Waals surface area contributed by atoms with Gasteiger partial charge in [0.2, 0.25) is 0 Å². The summed E-state index contributed by atoms with van der Waals surface area (Å²) in [5.74, 6) is 6.43. The fourth-order valence-electron chi connectivity index (χ4n) is 1.64. The minimum Gasteiger partial charge on any atom is -0.492 e. The van der Waals surface area contributed by atoms with Crippen molar-refractivity contribution in [3.63, 3.8) is 0 Å². The summed E-state index contributed by atoms with van der Waals surface area (Å²) in [6, 6.07) is 3.84. The van der Waals surface area contributed by atoms with Gasteiger partial charge in [-0.3, -0.25) is 9.67 Å². The van der Waals surface area contributed by atoms with Crippen LogP contribution in [0.5, 0.6) is 5.75 Å². The van der Waals surface area contributed by atoms with Crippen LogP contribution in [-0.2, 0) is 13.5 Å². The quantitative estimate of drug-likeness (QED) is 0.820. The lowest BCUT2D eigenvalue weighted by Crippen LogP contribution is -2.06. The first-order valence-corrected chi connectivity index (χ1v) is 6.03. The van der Waals surface area contributed by atoms with Gasteiger partial charge in [0.05, 0.1) is 19.3 Å². The van der Waals surface area contributed by atoms with Crippen LogP contribution in [0.25, 0.3) is 0 Å². The maximum atomic E-state index is 5.65. The van der Waals surface area contributed by atoms with Crippen LogP contribution < -0.4 is 10.5 Å². The highest BCUT2D eigenvalue weighted by molar-refractivity contribution is 5.36. The average molecular weight is 256 g/mol. The number of nitrogens with two attached hydrogens (primary N) is 1. The van der Waals surface area contributed by atoms with Crippen molar-refractivity contribution in [1.29, 1.82) is 0 Å². The van der Waals surface area contributed by atoms with Crippen LogP contribution in [0, 0.1) is 11.8 Å². The number of pyridine rings is 1. The molecule has 0 atom stereocenters. The highest BCUT2D eigenvalue weighted by atomic mass is 16.5. The first-order chi connectivity index (χ1) is 9.29. The molecule has 0 aliphatic rings. The Kier molecular flexibility index (Phi) is 4.54. The summed E-state index contributed by atoms with van der Waals surface area (Å²) in [6.07, 6.45) is 5.95. The summed E-state index contributed by atoms with van der Waals surface area (Å²) in [6.45, 7) is 0.917. The second-order valence-electron chi connectivity index (χ2n) is 3.96. The molecule has 2 aromatic rings. The average Bonchev–Trinajstić information content (AvgIpc) is 2.83. The zero-order valence-corrected chi connectivity index (χ0v) is 10.8. The SMILES string of the molecule is Cn1nccc1CCOc1cncc(C#CCN)c1. The van der Waals surface area contributed by atoms with E-state index >= 15 is 0 Å². The maximum absolute atomic E-state index is 5.65. The highest BCUT2D eigenvalue weighted by Gasteiger charge is 2.00. The van der Waals surface area contributed by atoms with Crippen LogP contribution in [-0.4, -0.2) is 27.9 Å². The van der Waals surface area contributed by atoms with E-state index in [9.17, 15) is 0 Å². The van der Waals surface area contributed by atoms with Crippen molar-refractivity contribution in [2.75, 3.05) is 13.2 Å². The predicted molar refractivity (Wildman–Crippen MR) is 72.6 cm³/mol. The molecule has 5 nitrogen and oxygen atoms in total. The molecule has 2 aromatic heterocycles. The molecule has 0 aliphatic heterocycles. The molecule has 0 aromatic carbocycles. The largest absolute Gasteiger partial charge is 0.492 e. The van der Waals surface area contributed by atoms with Gasteiger partial charge < -0.3 is 10.5 Å². The fraction of sp³-hybridized carbons (Fsp3) is 0.286. The van der Waals surface area contributed by atoms with Gasteiger partial charge in [-0.15, -0.1) is 0 Å². The number of rotatable bonds is 4. The Morgan fingerprint density at radius 1 is 1.42 bits per heavy atom. The summed E-state index contributed by atoms with van der Waals surface area (Å²) in [5.41, 5.74) is 7.27. The number of aromatic nitrogens is 3. The van der Waals surface area contributed by atoms with E-state index in [4.69, 9.17) is 10.5 Å².